The summed E-state index contributed by atoms with van der Waals surface area (Å²) in [5, 5.41) is 2.44. The molecule has 9 aromatic carbocycles. The van der Waals surface area contributed by atoms with Crippen molar-refractivity contribution < 1.29 is 0 Å². The van der Waals surface area contributed by atoms with E-state index in [1.54, 1.807) is 0 Å². The Bertz CT molecular complexity index is 3150. The van der Waals surface area contributed by atoms with Gasteiger partial charge in [-0.2, -0.15) is 0 Å². The predicted octanol–water partition coefficient (Wildman–Crippen LogP) is 14.3. The summed E-state index contributed by atoms with van der Waals surface area (Å²) in [6.07, 6.45) is 0. The molecule has 0 amide bonds. The van der Waals surface area contributed by atoms with Gasteiger partial charge in [0.15, 0.2) is 0 Å². The van der Waals surface area contributed by atoms with E-state index in [-0.39, 0.29) is 0 Å². The lowest BCUT2D eigenvalue weighted by Gasteiger charge is -2.32. The lowest BCUT2D eigenvalue weighted by Crippen LogP contribution is -2.26. The second-order valence-electron chi connectivity index (χ2n) is 15.2. The Balaban J connectivity index is 1.23. The number of fused-ring (bicyclic) bond motifs is 13. The molecule has 266 valence electrons. The molecule has 0 N–H and O–H groups in total. The van der Waals surface area contributed by atoms with Crippen LogP contribution in [-0.2, 0) is 5.41 Å². The molecule has 2 aliphatic carbocycles. The van der Waals surface area contributed by atoms with E-state index in [0.717, 1.165) is 22.7 Å². The van der Waals surface area contributed by atoms with Gasteiger partial charge in [0.25, 0.3) is 0 Å². The van der Waals surface area contributed by atoms with Crippen molar-refractivity contribution in [1.29, 1.82) is 0 Å². The fraction of sp³-hybridized carbons (Fsp3) is 0.0182. The number of para-hydroxylation sites is 3. The molecule has 0 radical (unpaired) electrons. The van der Waals surface area contributed by atoms with Gasteiger partial charge >= 0.3 is 0 Å². The van der Waals surface area contributed by atoms with E-state index in [9.17, 15) is 0 Å². The van der Waals surface area contributed by atoms with Crippen molar-refractivity contribution in [1.82, 2.24) is 4.57 Å². The zero-order valence-corrected chi connectivity index (χ0v) is 31.2. The number of rotatable bonds is 5. The van der Waals surface area contributed by atoms with E-state index in [0.29, 0.717) is 0 Å². The zero-order chi connectivity index (χ0) is 37.5. The lowest BCUT2D eigenvalue weighted by molar-refractivity contribution is 0.794. The highest BCUT2D eigenvalue weighted by molar-refractivity contribution is 6.17. The first kappa shape index (κ1) is 31.9. The van der Waals surface area contributed by atoms with Gasteiger partial charge in [-0.1, -0.05) is 176 Å². The molecule has 1 spiro atoms. The fourth-order valence-corrected chi connectivity index (χ4v) is 10.3. The first-order chi connectivity index (χ1) is 28.3. The predicted molar refractivity (Wildman–Crippen MR) is 237 cm³/mol. The second-order valence-corrected chi connectivity index (χ2v) is 15.2. The van der Waals surface area contributed by atoms with E-state index in [4.69, 9.17) is 0 Å². The summed E-state index contributed by atoms with van der Waals surface area (Å²) >= 11 is 0. The molecule has 1 heterocycles. The van der Waals surface area contributed by atoms with Gasteiger partial charge in [0, 0.05) is 27.6 Å². The van der Waals surface area contributed by atoms with Gasteiger partial charge in [0.1, 0.15) is 0 Å². The van der Waals surface area contributed by atoms with Crippen molar-refractivity contribution in [3.63, 3.8) is 0 Å². The quantitative estimate of drug-likeness (QED) is 0.172. The van der Waals surface area contributed by atoms with Crippen LogP contribution in [0.4, 0.5) is 17.1 Å². The average molecular weight is 725 g/mol. The van der Waals surface area contributed by atoms with Crippen LogP contribution in [-0.4, -0.2) is 4.57 Å². The maximum absolute atomic E-state index is 2.56. The van der Waals surface area contributed by atoms with Crippen LogP contribution in [0.2, 0.25) is 0 Å². The number of hydrogen-bond acceptors (Lipinski definition) is 1. The summed E-state index contributed by atoms with van der Waals surface area (Å²) in [6, 6.07) is 80.5. The molecule has 0 fully saturated rings. The van der Waals surface area contributed by atoms with Crippen LogP contribution in [0.25, 0.3) is 60.9 Å². The maximum atomic E-state index is 2.56. The normalized spacial score (nSPS) is 13.1. The van der Waals surface area contributed by atoms with Crippen LogP contribution >= 0.6 is 0 Å². The Morgan fingerprint density at radius 1 is 0.333 bits per heavy atom. The summed E-state index contributed by atoms with van der Waals surface area (Å²) in [7, 11) is 0. The van der Waals surface area contributed by atoms with Crippen LogP contribution in [0.1, 0.15) is 22.3 Å². The third-order valence-corrected chi connectivity index (χ3v) is 12.4. The van der Waals surface area contributed by atoms with Gasteiger partial charge in [0.2, 0.25) is 0 Å². The molecule has 12 rings (SSSR count). The minimum Gasteiger partial charge on any atom is -0.309 e. The first-order valence-electron chi connectivity index (χ1n) is 19.8. The smallest absolute Gasteiger partial charge is 0.0726 e. The van der Waals surface area contributed by atoms with Gasteiger partial charge in [-0.05, 0) is 87.0 Å². The SMILES string of the molecule is c1ccc(-c2ccccc2N(c2cccc3c2-c2ccccc2C32c3ccccc3-c3ccccc32)c2cccc3c2c2ccccc2n3-c2ccccc2)cc1. The molecule has 0 unspecified atom stereocenters. The number of anilines is 3. The summed E-state index contributed by atoms with van der Waals surface area (Å²) in [6.45, 7) is 0. The Hall–Kier alpha value is -7.42. The summed E-state index contributed by atoms with van der Waals surface area (Å²) < 4.78 is 2.42. The molecule has 0 atom stereocenters. The highest BCUT2D eigenvalue weighted by Gasteiger charge is 2.52. The van der Waals surface area contributed by atoms with Crippen molar-refractivity contribution in [3.8, 4) is 39.1 Å². The standard InChI is InChI=1S/C55H36N2/c1-3-19-37(20-4-1)39-23-10-15-32-48(39)57(52-36-18-35-51-54(52)43-27-11-16-33-49(43)56(51)38-21-5-2-6-22-38)50-34-17-31-47-53(50)42-26-9-14-30-46(42)55(47)44-28-12-7-24-40(44)41-25-8-13-29-45(41)55/h1-36H. The summed E-state index contributed by atoms with van der Waals surface area (Å²) in [5.74, 6) is 0. The minimum atomic E-state index is -0.449. The molecule has 2 nitrogen and oxygen atoms in total. The third kappa shape index (κ3) is 4.35. The Kier molecular flexibility index (Phi) is 6.88. The highest BCUT2D eigenvalue weighted by atomic mass is 15.2. The molecule has 10 aromatic rings. The fourth-order valence-electron chi connectivity index (χ4n) is 10.3. The van der Waals surface area contributed by atoms with Crippen molar-refractivity contribution in [3.05, 3.63) is 241 Å². The van der Waals surface area contributed by atoms with Crippen LogP contribution in [0.3, 0.4) is 0 Å². The lowest BCUT2D eigenvalue weighted by atomic mass is 9.70. The first-order valence-corrected chi connectivity index (χ1v) is 19.8. The molecule has 2 heteroatoms. The second kappa shape index (κ2) is 12.3. The molecule has 57 heavy (non-hydrogen) atoms. The molecular formula is C55H36N2. The molecule has 0 bridgehead atoms. The third-order valence-electron chi connectivity index (χ3n) is 12.4. The van der Waals surface area contributed by atoms with Crippen LogP contribution in [0.15, 0.2) is 218 Å². The minimum absolute atomic E-state index is 0.449. The number of benzene rings is 9. The molecule has 0 saturated carbocycles. The van der Waals surface area contributed by atoms with Gasteiger partial charge in [0.05, 0.1) is 33.5 Å². The van der Waals surface area contributed by atoms with Crippen molar-refractivity contribution in [2.75, 3.05) is 4.90 Å². The van der Waals surface area contributed by atoms with Crippen LogP contribution in [0, 0.1) is 0 Å². The monoisotopic (exact) mass is 724 g/mol. The van der Waals surface area contributed by atoms with E-state index in [2.05, 4.69) is 228 Å². The molecule has 1 aromatic heterocycles. The number of nitrogens with zero attached hydrogens (tertiary/aromatic N) is 2. The molecular weight excluding hydrogens is 689 g/mol. The van der Waals surface area contributed by atoms with E-state index in [1.807, 2.05) is 0 Å². The van der Waals surface area contributed by atoms with Crippen molar-refractivity contribution >= 4 is 38.9 Å². The largest absolute Gasteiger partial charge is 0.309 e. The topological polar surface area (TPSA) is 8.17 Å². The Morgan fingerprint density at radius 3 is 1.56 bits per heavy atom. The number of hydrogen-bond donors (Lipinski definition) is 0. The Morgan fingerprint density at radius 2 is 0.825 bits per heavy atom. The van der Waals surface area contributed by atoms with Gasteiger partial charge in [-0.25, -0.2) is 0 Å². The van der Waals surface area contributed by atoms with E-state index >= 15 is 0 Å². The van der Waals surface area contributed by atoms with E-state index < -0.39 is 5.41 Å². The van der Waals surface area contributed by atoms with Gasteiger partial charge < -0.3 is 9.47 Å². The number of aromatic nitrogens is 1. The zero-order valence-electron chi connectivity index (χ0n) is 31.2. The molecule has 0 saturated heterocycles. The van der Waals surface area contributed by atoms with Gasteiger partial charge in [-0.15, -0.1) is 0 Å². The molecule has 0 aliphatic heterocycles. The summed E-state index contributed by atoms with van der Waals surface area (Å²) in [4.78, 5) is 2.56. The highest BCUT2D eigenvalue weighted by Crippen LogP contribution is 2.65. The maximum Gasteiger partial charge on any atom is 0.0726 e. The Labute approximate surface area is 332 Å². The van der Waals surface area contributed by atoms with Gasteiger partial charge in [-0.3, -0.25) is 0 Å². The van der Waals surface area contributed by atoms with Crippen LogP contribution < -0.4 is 4.90 Å². The van der Waals surface area contributed by atoms with E-state index in [1.165, 1.54) is 77.4 Å². The molecule has 2 aliphatic rings. The average Bonchev–Trinajstić information content (AvgIpc) is 3.90. The summed E-state index contributed by atoms with van der Waals surface area (Å²) in [5.41, 5.74) is 19.4. The van der Waals surface area contributed by atoms with Crippen LogP contribution in [0.5, 0.6) is 0 Å². The van der Waals surface area contributed by atoms with Crippen molar-refractivity contribution in [2.24, 2.45) is 0 Å². The van der Waals surface area contributed by atoms with Crippen molar-refractivity contribution in [2.45, 2.75) is 5.41 Å².